The van der Waals surface area contributed by atoms with Crippen LogP contribution in [0.5, 0.6) is 5.88 Å². The van der Waals surface area contributed by atoms with E-state index in [-0.39, 0.29) is 16.8 Å². The van der Waals surface area contributed by atoms with Crippen LogP contribution in [0.4, 0.5) is 0 Å². The number of carboxylic acids is 1. The molecule has 4 nitrogen and oxygen atoms in total. The lowest BCUT2D eigenvalue weighted by Crippen LogP contribution is -2.28. The van der Waals surface area contributed by atoms with Gasteiger partial charge in [-0.05, 0) is 31.2 Å². The Bertz CT molecular complexity index is 450. The van der Waals surface area contributed by atoms with Gasteiger partial charge < -0.3 is 9.84 Å². The van der Waals surface area contributed by atoms with Crippen molar-refractivity contribution in [2.45, 2.75) is 38.7 Å². The standard InChI is InChI=1S/C13H16ClNO3/c1-8-4-2-3-5-10(8)18-11-7-6-9(14)12(15-11)13(16)17/h6-8,10H,2-5H2,1H3,(H,16,17). The largest absolute Gasteiger partial charge is 0.476 e. The smallest absolute Gasteiger partial charge is 0.356 e. The maximum Gasteiger partial charge on any atom is 0.356 e. The molecule has 1 saturated carbocycles. The summed E-state index contributed by atoms with van der Waals surface area (Å²) in [5.41, 5.74) is -0.155. The van der Waals surface area contributed by atoms with Gasteiger partial charge in [0.05, 0.1) is 5.02 Å². The molecule has 0 aromatic carbocycles. The molecule has 1 heterocycles. The van der Waals surface area contributed by atoms with Crippen molar-refractivity contribution in [3.63, 3.8) is 0 Å². The molecule has 0 radical (unpaired) electrons. The van der Waals surface area contributed by atoms with Crippen molar-refractivity contribution in [3.8, 4) is 5.88 Å². The van der Waals surface area contributed by atoms with E-state index in [2.05, 4.69) is 11.9 Å². The fraction of sp³-hybridized carbons (Fsp3) is 0.538. The molecule has 1 aliphatic carbocycles. The van der Waals surface area contributed by atoms with Gasteiger partial charge in [-0.2, -0.15) is 0 Å². The normalized spacial score (nSPS) is 23.7. The first-order valence-electron chi connectivity index (χ1n) is 6.14. The molecular formula is C13H16ClNO3. The highest BCUT2D eigenvalue weighted by molar-refractivity contribution is 6.33. The summed E-state index contributed by atoms with van der Waals surface area (Å²) in [6.07, 6.45) is 4.64. The zero-order valence-corrected chi connectivity index (χ0v) is 11.0. The van der Waals surface area contributed by atoms with Crippen LogP contribution in [0.1, 0.15) is 43.1 Å². The minimum atomic E-state index is -1.14. The highest BCUT2D eigenvalue weighted by atomic mass is 35.5. The highest BCUT2D eigenvalue weighted by Crippen LogP contribution is 2.28. The molecule has 0 amide bonds. The van der Waals surface area contributed by atoms with Gasteiger partial charge in [-0.1, -0.05) is 24.9 Å². The maximum atomic E-state index is 10.9. The van der Waals surface area contributed by atoms with E-state index < -0.39 is 5.97 Å². The van der Waals surface area contributed by atoms with E-state index in [4.69, 9.17) is 21.4 Å². The van der Waals surface area contributed by atoms with E-state index in [1.54, 1.807) is 6.07 Å². The van der Waals surface area contributed by atoms with Crippen molar-refractivity contribution in [1.82, 2.24) is 4.98 Å². The SMILES string of the molecule is CC1CCCCC1Oc1ccc(Cl)c(C(=O)O)n1. The summed E-state index contributed by atoms with van der Waals surface area (Å²) in [6, 6.07) is 3.14. The van der Waals surface area contributed by atoms with Crippen molar-refractivity contribution in [1.29, 1.82) is 0 Å². The summed E-state index contributed by atoms with van der Waals surface area (Å²) in [6.45, 7) is 2.15. The molecule has 1 aromatic heterocycles. The van der Waals surface area contributed by atoms with Crippen molar-refractivity contribution in [2.75, 3.05) is 0 Å². The average molecular weight is 270 g/mol. The van der Waals surface area contributed by atoms with E-state index in [0.717, 1.165) is 19.3 Å². The Labute approximate surface area is 111 Å². The number of rotatable bonds is 3. The molecule has 0 aliphatic heterocycles. The second kappa shape index (κ2) is 5.57. The zero-order chi connectivity index (χ0) is 13.1. The van der Waals surface area contributed by atoms with Gasteiger partial charge in [0.1, 0.15) is 6.10 Å². The molecule has 1 N–H and O–H groups in total. The predicted octanol–water partition coefficient (Wildman–Crippen LogP) is 3.39. The number of nitrogens with zero attached hydrogens (tertiary/aromatic N) is 1. The molecule has 1 aromatic rings. The van der Waals surface area contributed by atoms with Gasteiger partial charge in [0.15, 0.2) is 5.69 Å². The van der Waals surface area contributed by atoms with Crippen LogP contribution in [0, 0.1) is 5.92 Å². The van der Waals surface area contributed by atoms with Crippen molar-refractivity contribution in [2.24, 2.45) is 5.92 Å². The Morgan fingerprint density at radius 3 is 2.83 bits per heavy atom. The van der Waals surface area contributed by atoms with Crippen LogP contribution in [0.3, 0.4) is 0 Å². The molecule has 0 bridgehead atoms. The molecule has 1 aliphatic rings. The summed E-state index contributed by atoms with van der Waals surface area (Å²) >= 11 is 5.76. The molecule has 98 valence electrons. The van der Waals surface area contributed by atoms with E-state index in [1.807, 2.05) is 0 Å². The Morgan fingerprint density at radius 1 is 1.44 bits per heavy atom. The molecule has 5 heteroatoms. The summed E-state index contributed by atoms with van der Waals surface area (Å²) in [7, 11) is 0. The molecular weight excluding hydrogens is 254 g/mol. The maximum absolute atomic E-state index is 10.9. The lowest BCUT2D eigenvalue weighted by molar-refractivity contribution is 0.0683. The number of hydrogen-bond acceptors (Lipinski definition) is 3. The third-order valence-electron chi connectivity index (χ3n) is 3.33. The van der Waals surface area contributed by atoms with Gasteiger partial charge in [0.2, 0.25) is 5.88 Å². The van der Waals surface area contributed by atoms with Crippen LogP contribution in [0.25, 0.3) is 0 Å². The number of hydrogen-bond donors (Lipinski definition) is 1. The van der Waals surface area contributed by atoms with Gasteiger partial charge in [0, 0.05) is 6.07 Å². The zero-order valence-electron chi connectivity index (χ0n) is 10.2. The van der Waals surface area contributed by atoms with Crippen LogP contribution in [0.2, 0.25) is 5.02 Å². The number of carbonyl (C=O) groups is 1. The summed E-state index contributed by atoms with van der Waals surface area (Å²) in [4.78, 5) is 14.9. The molecule has 0 saturated heterocycles. The van der Waals surface area contributed by atoms with Gasteiger partial charge in [-0.25, -0.2) is 9.78 Å². The molecule has 2 atom stereocenters. The third-order valence-corrected chi connectivity index (χ3v) is 3.63. The number of pyridine rings is 1. The lowest BCUT2D eigenvalue weighted by atomic mass is 9.88. The summed E-state index contributed by atoms with van der Waals surface area (Å²) in [5.74, 6) is -0.317. The molecule has 18 heavy (non-hydrogen) atoms. The molecule has 1 fully saturated rings. The number of aromatic nitrogens is 1. The topological polar surface area (TPSA) is 59.4 Å². The molecule has 2 rings (SSSR count). The monoisotopic (exact) mass is 269 g/mol. The van der Waals surface area contributed by atoms with Crippen molar-refractivity contribution < 1.29 is 14.6 Å². The Kier molecular flexibility index (Phi) is 4.07. The fourth-order valence-corrected chi connectivity index (χ4v) is 2.44. The van der Waals surface area contributed by atoms with E-state index in [1.165, 1.54) is 12.5 Å². The van der Waals surface area contributed by atoms with Crippen LogP contribution < -0.4 is 4.74 Å². The van der Waals surface area contributed by atoms with Crippen LogP contribution >= 0.6 is 11.6 Å². The summed E-state index contributed by atoms with van der Waals surface area (Å²) < 4.78 is 5.78. The van der Waals surface area contributed by atoms with Crippen molar-refractivity contribution in [3.05, 3.63) is 22.8 Å². The van der Waals surface area contributed by atoms with Crippen LogP contribution in [-0.4, -0.2) is 22.2 Å². The first-order chi connectivity index (χ1) is 8.58. The van der Waals surface area contributed by atoms with Gasteiger partial charge in [0.25, 0.3) is 0 Å². The van der Waals surface area contributed by atoms with Gasteiger partial charge in [-0.15, -0.1) is 0 Å². The second-order valence-electron chi connectivity index (χ2n) is 4.70. The first kappa shape index (κ1) is 13.1. The van der Waals surface area contributed by atoms with Gasteiger partial charge >= 0.3 is 5.97 Å². The van der Waals surface area contributed by atoms with Gasteiger partial charge in [-0.3, -0.25) is 0 Å². The van der Waals surface area contributed by atoms with E-state index in [0.29, 0.717) is 11.8 Å². The number of aromatic carboxylic acids is 1. The molecule has 2 unspecified atom stereocenters. The minimum Gasteiger partial charge on any atom is -0.476 e. The lowest BCUT2D eigenvalue weighted by Gasteiger charge is -2.28. The van der Waals surface area contributed by atoms with Crippen LogP contribution in [0.15, 0.2) is 12.1 Å². The Hall–Kier alpha value is -1.29. The number of ether oxygens (including phenoxy) is 1. The van der Waals surface area contributed by atoms with Crippen molar-refractivity contribution >= 4 is 17.6 Å². The summed E-state index contributed by atoms with van der Waals surface area (Å²) in [5, 5.41) is 9.08. The van der Waals surface area contributed by atoms with Crippen LogP contribution in [-0.2, 0) is 0 Å². The first-order valence-corrected chi connectivity index (χ1v) is 6.52. The average Bonchev–Trinajstić information content (AvgIpc) is 2.34. The van der Waals surface area contributed by atoms with E-state index in [9.17, 15) is 4.79 Å². The predicted molar refractivity (Wildman–Crippen MR) is 68.3 cm³/mol. The fourth-order valence-electron chi connectivity index (χ4n) is 2.25. The number of halogens is 1. The van der Waals surface area contributed by atoms with E-state index >= 15 is 0 Å². The Balaban J connectivity index is 2.14. The second-order valence-corrected chi connectivity index (χ2v) is 5.11. The third kappa shape index (κ3) is 2.93. The Morgan fingerprint density at radius 2 is 2.17 bits per heavy atom. The molecule has 0 spiro atoms. The quantitative estimate of drug-likeness (QED) is 0.914. The minimum absolute atomic E-state index is 0.120. The number of carboxylic acid groups (broad SMARTS) is 1. The highest BCUT2D eigenvalue weighted by Gasteiger charge is 2.23.